The maximum absolute atomic E-state index is 4.73. The van der Waals surface area contributed by atoms with Crippen LogP contribution in [0, 0.1) is 19.8 Å². The van der Waals surface area contributed by atoms with E-state index in [1.807, 2.05) is 0 Å². The lowest BCUT2D eigenvalue weighted by Gasteiger charge is -2.16. The average Bonchev–Trinajstić information content (AvgIpc) is 3.25. The van der Waals surface area contributed by atoms with E-state index in [2.05, 4.69) is 26.1 Å². The Labute approximate surface area is 116 Å². The van der Waals surface area contributed by atoms with E-state index in [4.69, 9.17) is 9.97 Å². The van der Waals surface area contributed by atoms with Crippen molar-refractivity contribution in [2.75, 3.05) is 6.54 Å². The van der Waals surface area contributed by atoms with E-state index in [1.54, 1.807) is 0 Å². The zero-order chi connectivity index (χ0) is 13.4. The molecule has 1 atom stereocenters. The van der Waals surface area contributed by atoms with Gasteiger partial charge in [0.05, 0.1) is 0 Å². The van der Waals surface area contributed by atoms with Gasteiger partial charge in [0, 0.05) is 23.3 Å². The first-order valence-corrected chi connectivity index (χ1v) is 7.71. The second-order valence-electron chi connectivity index (χ2n) is 6.50. The first-order valence-electron chi connectivity index (χ1n) is 7.71. The van der Waals surface area contributed by atoms with Crippen LogP contribution < -0.4 is 5.32 Å². The molecule has 2 aliphatic rings. The van der Waals surface area contributed by atoms with E-state index in [1.165, 1.54) is 42.6 Å². The van der Waals surface area contributed by atoms with E-state index >= 15 is 0 Å². The highest BCUT2D eigenvalue weighted by Gasteiger charge is 2.27. The molecule has 1 aromatic heterocycles. The van der Waals surface area contributed by atoms with Gasteiger partial charge in [0.25, 0.3) is 0 Å². The number of nitrogens with zero attached hydrogens (tertiary/aromatic N) is 2. The average molecular weight is 259 g/mol. The van der Waals surface area contributed by atoms with Crippen molar-refractivity contribution < 1.29 is 0 Å². The second-order valence-corrected chi connectivity index (χ2v) is 6.50. The van der Waals surface area contributed by atoms with Gasteiger partial charge in [0.15, 0.2) is 0 Å². The molecule has 2 aliphatic carbocycles. The molecule has 0 spiro atoms. The molecule has 0 bridgehead atoms. The van der Waals surface area contributed by atoms with Crippen LogP contribution in [0.1, 0.15) is 61.3 Å². The molecule has 3 rings (SSSR count). The fraction of sp³-hybridized carbons (Fsp3) is 0.750. The van der Waals surface area contributed by atoms with Crippen LogP contribution in [0.4, 0.5) is 0 Å². The van der Waals surface area contributed by atoms with Crippen molar-refractivity contribution >= 4 is 0 Å². The summed E-state index contributed by atoms with van der Waals surface area (Å²) in [5.41, 5.74) is 3.77. The Hall–Kier alpha value is -0.960. The van der Waals surface area contributed by atoms with Crippen molar-refractivity contribution in [3.63, 3.8) is 0 Å². The van der Waals surface area contributed by atoms with Gasteiger partial charge in [-0.3, -0.25) is 0 Å². The zero-order valence-electron chi connectivity index (χ0n) is 12.4. The fourth-order valence-electron chi connectivity index (χ4n) is 2.66. The van der Waals surface area contributed by atoms with Crippen LogP contribution in [0.3, 0.4) is 0 Å². The summed E-state index contributed by atoms with van der Waals surface area (Å²) in [6.07, 6.45) is 6.39. The van der Waals surface area contributed by atoms with Crippen LogP contribution in [0.5, 0.6) is 0 Å². The van der Waals surface area contributed by atoms with Gasteiger partial charge in [-0.05, 0) is 64.0 Å². The van der Waals surface area contributed by atoms with Crippen LogP contribution >= 0.6 is 0 Å². The molecule has 2 saturated carbocycles. The monoisotopic (exact) mass is 259 g/mol. The Morgan fingerprint density at radius 2 is 1.74 bits per heavy atom. The first kappa shape index (κ1) is 13.0. The summed E-state index contributed by atoms with van der Waals surface area (Å²) >= 11 is 0. The normalized spacial score (nSPS) is 20.6. The van der Waals surface area contributed by atoms with Gasteiger partial charge >= 0.3 is 0 Å². The van der Waals surface area contributed by atoms with Gasteiger partial charge < -0.3 is 5.32 Å². The lowest BCUT2D eigenvalue weighted by Crippen LogP contribution is -2.25. The number of hydrogen-bond acceptors (Lipinski definition) is 3. The Morgan fingerprint density at radius 1 is 1.11 bits per heavy atom. The van der Waals surface area contributed by atoms with Gasteiger partial charge in [-0.1, -0.05) is 6.92 Å². The molecule has 0 amide bonds. The number of aryl methyl sites for hydroxylation is 2. The molecule has 0 aliphatic heterocycles. The highest BCUT2D eigenvalue weighted by atomic mass is 14.9. The Balaban J connectivity index is 1.65. The van der Waals surface area contributed by atoms with E-state index in [-0.39, 0.29) is 0 Å². The standard InChI is InChI=1S/C16H25N3/c1-10(9-17-14-6-7-14)8-15-11(2)18-16(13-4-5-13)19-12(15)3/h10,13-14,17H,4-9H2,1-3H3. The predicted octanol–water partition coefficient (Wildman–Crippen LogP) is 2.90. The molecule has 1 unspecified atom stereocenters. The van der Waals surface area contributed by atoms with E-state index < -0.39 is 0 Å². The third kappa shape index (κ3) is 3.33. The summed E-state index contributed by atoms with van der Waals surface area (Å²) in [5.74, 6) is 2.40. The van der Waals surface area contributed by atoms with Gasteiger partial charge in [0.2, 0.25) is 0 Å². The van der Waals surface area contributed by atoms with Crippen molar-refractivity contribution in [2.24, 2.45) is 5.92 Å². The molecule has 1 heterocycles. The molecule has 104 valence electrons. The zero-order valence-corrected chi connectivity index (χ0v) is 12.4. The van der Waals surface area contributed by atoms with Gasteiger partial charge in [0.1, 0.15) is 5.82 Å². The van der Waals surface area contributed by atoms with Crippen molar-refractivity contribution in [3.05, 3.63) is 22.8 Å². The van der Waals surface area contributed by atoms with Gasteiger partial charge in [-0.25, -0.2) is 9.97 Å². The van der Waals surface area contributed by atoms with Crippen LogP contribution in [0.15, 0.2) is 0 Å². The van der Waals surface area contributed by atoms with E-state index in [0.717, 1.165) is 24.8 Å². The smallest absolute Gasteiger partial charge is 0.131 e. The number of rotatable bonds is 6. The van der Waals surface area contributed by atoms with Crippen LogP contribution in [-0.4, -0.2) is 22.6 Å². The third-order valence-electron chi connectivity index (χ3n) is 4.27. The molecular formula is C16H25N3. The summed E-state index contributed by atoms with van der Waals surface area (Å²) in [6, 6.07) is 0.804. The first-order chi connectivity index (χ1) is 9.13. The van der Waals surface area contributed by atoms with Crippen molar-refractivity contribution in [1.82, 2.24) is 15.3 Å². The summed E-state index contributed by atoms with van der Waals surface area (Å²) < 4.78 is 0. The molecule has 2 fully saturated rings. The van der Waals surface area contributed by atoms with Gasteiger partial charge in [-0.2, -0.15) is 0 Å². The molecule has 3 nitrogen and oxygen atoms in total. The minimum absolute atomic E-state index is 0.653. The molecule has 0 radical (unpaired) electrons. The van der Waals surface area contributed by atoms with Crippen LogP contribution in [0.2, 0.25) is 0 Å². The summed E-state index contributed by atoms with van der Waals surface area (Å²) in [5, 5.41) is 3.61. The lowest BCUT2D eigenvalue weighted by molar-refractivity contribution is 0.505. The Morgan fingerprint density at radius 3 is 2.26 bits per heavy atom. The lowest BCUT2D eigenvalue weighted by atomic mass is 9.98. The number of nitrogens with one attached hydrogen (secondary N) is 1. The highest BCUT2D eigenvalue weighted by Crippen LogP contribution is 2.38. The second kappa shape index (κ2) is 5.20. The molecule has 0 aromatic carbocycles. The quantitative estimate of drug-likeness (QED) is 0.853. The molecule has 1 N–H and O–H groups in total. The third-order valence-corrected chi connectivity index (χ3v) is 4.27. The van der Waals surface area contributed by atoms with Crippen LogP contribution in [-0.2, 0) is 6.42 Å². The molecule has 0 saturated heterocycles. The molecular weight excluding hydrogens is 234 g/mol. The van der Waals surface area contributed by atoms with Gasteiger partial charge in [-0.15, -0.1) is 0 Å². The minimum Gasteiger partial charge on any atom is -0.314 e. The van der Waals surface area contributed by atoms with E-state index in [0.29, 0.717) is 11.8 Å². The topological polar surface area (TPSA) is 37.8 Å². The van der Waals surface area contributed by atoms with Crippen molar-refractivity contribution in [2.45, 2.75) is 64.8 Å². The Bertz CT molecular complexity index is 438. The van der Waals surface area contributed by atoms with Crippen molar-refractivity contribution in [1.29, 1.82) is 0 Å². The number of hydrogen-bond donors (Lipinski definition) is 1. The van der Waals surface area contributed by atoms with Crippen LogP contribution in [0.25, 0.3) is 0 Å². The predicted molar refractivity (Wildman–Crippen MR) is 77.4 cm³/mol. The summed E-state index contributed by atoms with van der Waals surface area (Å²) in [6.45, 7) is 7.74. The SMILES string of the molecule is Cc1nc(C2CC2)nc(C)c1CC(C)CNC1CC1. The largest absolute Gasteiger partial charge is 0.314 e. The minimum atomic E-state index is 0.653. The summed E-state index contributed by atoms with van der Waals surface area (Å²) in [4.78, 5) is 9.45. The molecule has 1 aromatic rings. The van der Waals surface area contributed by atoms with Crippen molar-refractivity contribution in [3.8, 4) is 0 Å². The fourth-order valence-corrected chi connectivity index (χ4v) is 2.66. The Kier molecular flexibility index (Phi) is 3.57. The maximum atomic E-state index is 4.73. The number of aromatic nitrogens is 2. The van der Waals surface area contributed by atoms with E-state index in [9.17, 15) is 0 Å². The molecule has 3 heteroatoms. The molecule has 19 heavy (non-hydrogen) atoms. The summed E-state index contributed by atoms with van der Waals surface area (Å²) in [7, 11) is 0. The maximum Gasteiger partial charge on any atom is 0.131 e. The highest BCUT2D eigenvalue weighted by molar-refractivity contribution is 5.26.